The molecule has 2 aromatic carbocycles. The first kappa shape index (κ1) is 26.3. The number of carboxylic acids is 1. The minimum absolute atomic E-state index is 0.0500. The number of aliphatic carboxylic acids is 1. The molecule has 4 unspecified atom stereocenters. The van der Waals surface area contributed by atoms with Crippen molar-refractivity contribution in [2.45, 2.75) is 56.8 Å². The van der Waals surface area contributed by atoms with Crippen LogP contribution in [0.4, 0.5) is 0 Å². The average Bonchev–Trinajstić information content (AvgIpc) is 3.23. The SMILES string of the molecule is CC1(C)CC(c2ccc(C(=O)NCCC(=O)O)cc2)N2C(=O)C(c3cc(Cl)cc(Cl)c3)=NC23CC2COC21C3. The van der Waals surface area contributed by atoms with E-state index < -0.39 is 11.6 Å². The molecule has 3 heterocycles. The van der Waals surface area contributed by atoms with Gasteiger partial charge in [-0.25, -0.2) is 0 Å². The van der Waals surface area contributed by atoms with Crippen molar-refractivity contribution in [2.24, 2.45) is 16.3 Å². The first-order valence-electron chi connectivity index (χ1n) is 13.1. The molecule has 2 amide bonds. The standard InChI is InChI=1S/C29H29Cl2N3O5/c1-27(2)13-22(16-3-5-17(6-4-16)25(37)32-8-7-23(35)36)34-26(38)24(18-9-20(30)11-21(31)10-18)33-28(34)12-19-14-39-29(19,27)15-28/h3-6,9-11,19,22H,7-8,12-15H2,1-2H3,(H,32,37)(H,35,36). The van der Waals surface area contributed by atoms with Gasteiger partial charge in [0, 0.05) is 40.1 Å². The van der Waals surface area contributed by atoms with Gasteiger partial charge in [0.25, 0.3) is 11.8 Å². The summed E-state index contributed by atoms with van der Waals surface area (Å²) in [6, 6.07) is 12.0. The molecule has 204 valence electrons. The summed E-state index contributed by atoms with van der Waals surface area (Å²) >= 11 is 12.6. The lowest BCUT2D eigenvalue weighted by Gasteiger charge is -2.55. The summed E-state index contributed by atoms with van der Waals surface area (Å²) in [5.41, 5.74) is 0.945. The van der Waals surface area contributed by atoms with Crippen LogP contribution in [0.25, 0.3) is 0 Å². The maximum Gasteiger partial charge on any atom is 0.305 e. The lowest BCUT2D eigenvalue weighted by atomic mass is 9.63. The van der Waals surface area contributed by atoms with Crippen LogP contribution in [0.5, 0.6) is 0 Å². The smallest absolute Gasteiger partial charge is 0.305 e. The molecule has 0 aromatic heterocycles. The Labute approximate surface area is 236 Å². The summed E-state index contributed by atoms with van der Waals surface area (Å²) in [5, 5.41) is 12.3. The fourth-order valence-electron chi connectivity index (χ4n) is 7.14. The van der Waals surface area contributed by atoms with E-state index in [0.29, 0.717) is 52.3 Å². The molecule has 2 bridgehead atoms. The second-order valence-electron chi connectivity index (χ2n) is 11.7. The third kappa shape index (κ3) is 4.07. The van der Waals surface area contributed by atoms with Gasteiger partial charge >= 0.3 is 5.97 Å². The number of carbonyl (C=O) groups excluding carboxylic acids is 2. The van der Waals surface area contributed by atoms with Crippen molar-refractivity contribution in [1.82, 2.24) is 10.2 Å². The fourth-order valence-corrected chi connectivity index (χ4v) is 7.67. The first-order valence-corrected chi connectivity index (χ1v) is 13.8. The Kier molecular flexibility index (Phi) is 6.10. The Balaban J connectivity index is 1.38. The van der Waals surface area contributed by atoms with Crippen LogP contribution in [0.1, 0.15) is 67.1 Å². The number of carboxylic acid groups (broad SMARTS) is 1. The summed E-state index contributed by atoms with van der Waals surface area (Å²) in [6.07, 6.45) is 1.87. The summed E-state index contributed by atoms with van der Waals surface area (Å²) in [5.74, 6) is -1.17. The minimum atomic E-state index is -0.973. The Morgan fingerprint density at radius 2 is 1.82 bits per heavy atom. The van der Waals surface area contributed by atoms with E-state index in [-0.39, 0.29) is 41.8 Å². The number of hydrogen-bond acceptors (Lipinski definition) is 5. The van der Waals surface area contributed by atoms with Crippen LogP contribution < -0.4 is 5.32 Å². The van der Waals surface area contributed by atoms with Crippen LogP contribution in [-0.4, -0.2) is 57.9 Å². The number of carbonyl (C=O) groups is 3. The van der Waals surface area contributed by atoms with Crippen LogP contribution in [0.3, 0.4) is 0 Å². The van der Waals surface area contributed by atoms with Gasteiger partial charge in [0.1, 0.15) is 11.4 Å². The van der Waals surface area contributed by atoms with E-state index in [9.17, 15) is 14.4 Å². The highest BCUT2D eigenvalue weighted by atomic mass is 35.5. The van der Waals surface area contributed by atoms with Gasteiger partial charge in [0.15, 0.2) is 0 Å². The van der Waals surface area contributed by atoms with Crippen molar-refractivity contribution in [3.8, 4) is 0 Å². The van der Waals surface area contributed by atoms with Crippen molar-refractivity contribution in [3.05, 3.63) is 69.2 Å². The van der Waals surface area contributed by atoms with E-state index in [1.54, 1.807) is 30.3 Å². The average molecular weight is 570 g/mol. The van der Waals surface area contributed by atoms with Crippen molar-refractivity contribution < 1.29 is 24.2 Å². The highest BCUT2D eigenvalue weighted by molar-refractivity contribution is 6.48. The normalized spacial score (nSPS) is 30.1. The molecular formula is C29H29Cl2N3O5. The molecular weight excluding hydrogens is 541 g/mol. The zero-order valence-corrected chi connectivity index (χ0v) is 23.2. The zero-order valence-electron chi connectivity index (χ0n) is 21.7. The predicted octanol–water partition coefficient (Wildman–Crippen LogP) is 4.88. The van der Waals surface area contributed by atoms with Crippen LogP contribution in [0.2, 0.25) is 10.0 Å². The third-order valence-electron chi connectivity index (χ3n) is 8.99. The molecule has 4 atom stereocenters. The molecule has 4 aliphatic rings. The summed E-state index contributed by atoms with van der Waals surface area (Å²) < 4.78 is 6.37. The van der Waals surface area contributed by atoms with Gasteiger partial charge in [-0.1, -0.05) is 49.2 Å². The molecule has 1 aliphatic carbocycles. The van der Waals surface area contributed by atoms with Gasteiger partial charge in [-0.2, -0.15) is 0 Å². The Bertz CT molecular complexity index is 1400. The van der Waals surface area contributed by atoms with Crippen LogP contribution in [0, 0.1) is 11.3 Å². The van der Waals surface area contributed by atoms with Gasteiger partial charge in [-0.15, -0.1) is 0 Å². The molecule has 10 heteroatoms. The monoisotopic (exact) mass is 569 g/mol. The highest BCUT2D eigenvalue weighted by Crippen LogP contribution is 2.67. The van der Waals surface area contributed by atoms with Crippen LogP contribution in [0.15, 0.2) is 47.5 Å². The number of hydrogen-bond donors (Lipinski definition) is 2. The fraction of sp³-hybridized carbons (Fsp3) is 0.448. The number of ether oxygens (including phenoxy) is 1. The van der Waals surface area contributed by atoms with Crippen LogP contribution in [-0.2, 0) is 14.3 Å². The number of aliphatic imine (C=N–C) groups is 1. The number of nitrogens with zero attached hydrogens (tertiary/aromatic N) is 2. The molecule has 3 aliphatic heterocycles. The Morgan fingerprint density at radius 3 is 2.44 bits per heavy atom. The van der Waals surface area contributed by atoms with E-state index >= 15 is 0 Å². The minimum Gasteiger partial charge on any atom is -0.481 e. The first-order chi connectivity index (χ1) is 18.4. The number of nitrogens with one attached hydrogen (secondary N) is 1. The number of halogens is 2. The summed E-state index contributed by atoms with van der Waals surface area (Å²) in [7, 11) is 0. The molecule has 8 nitrogen and oxygen atoms in total. The van der Waals surface area contributed by atoms with Gasteiger partial charge < -0.3 is 20.1 Å². The Morgan fingerprint density at radius 1 is 1.13 bits per heavy atom. The molecule has 2 saturated heterocycles. The van der Waals surface area contributed by atoms with Crippen LogP contribution >= 0.6 is 23.2 Å². The molecule has 1 saturated carbocycles. The van der Waals surface area contributed by atoms with E-state index in [4.69, 9.17) is 38.0 Å². The lowest BCUT2D eigenvalue weighted by Crippen LogP contribution is -2.59. The van der Waals surface area contributed by atoms with E-state index in [0.717, 1.165) is 12.0 Å². The van der Waals surface area contributed by atoms with Crippen molar-refractivity contribution in [1.29, 1.82) is 0 Å². The highest BCUT2D eigenvalue weighted by Gasteiger charge is 2.73. The summed E-state index contributed by atoms with van der Waals surface area (Å²) in [6.45, 7) is 5.14. The molecule has 3 fully saturated rings. The van der Waals surface area contributed by atoms with Gasteiger partial charge in [-0.05, 0) is 54.2 Å². The third-order valence-corrected chi connectivity index (χ3v) is 9.43. The van der Waals surface area contributed by atoms with Crippen molar-refractivity contribution >= 4 is 46.7 Å². The van der Waals surface area contributed by atoms with Gasteiger partial charge in [-0.3, -0.25) is 19.4 Å². The summed E-state index contributed by atoms with van der Waals surface area (Å²) in [4.78, 5) is 44.6. The molecule has 39 heavy (non-hydrogen) atoms. The Hall–Kier alpha value is -2.94. The van der Waals surface area contributed by atoms with E-state index in [2.05, 4.69) is 19.2 Å². The lowest BCUT2D eigenvalue weighted by molar-refractivity contribution is -0.246. The second kappa shape index (κ2) is 9.04. The molecule has 2 N–H and O–H groups in total. The number of amides is 2. The quantitative estimate of drug-likeness (QED) is 0.515. The number of benzene rings is 2. The molecule has 2 spiro atoms. The van der Waals surface area contributed by atoms with Crippen molar-refractivity contribution in [2.75, 3.05) is 13.2 Å². The molecule has 2 aromatic rings. The second-order valence-corrected chi connectivity index (χ2v) is 12.6. The molecule has 0 radical (unpaired) electrons. The van der Waals surface area contributed by atoms with Gasteiger partial charge in [0.2, 0.25) is 0 Å². The maximum atomic E-state index is 14.2. The molecule has 6 rings (SSSR count). The van der Waals surface area contributed by atoms with E-state index in [1.807, 2.05) is 17.0 Å². The maximum absolute atomic E-state index is 14.2. The topological polar surface area (TPSA) is 108 Å². The largest absolute Gasteiger partial charge is 0.481 e. The van der Waals surface area contributed by atoms with Gasteiger partial charge in [0.05, 0.1) is 24.7 Å². The van der Waals surface area contributed by atoms with Crippen molar-refractivity contribution in [3.63, 3.8) is 0 Å². The van der Waals surface area contributed by atoms with E-state index in [1.165, 1.54) is 0 Å². The number of rotatable bonds is 6. The zero-order chi connectivity index (χ0) is 27.7. The predicted molar refractivity (Wildman–Crippen MR) is 146 cm³/mol.